The first-order valence-corrected chi connectivity index (χ1v) is 14.1. The van der Waals surface area contributed by atoms with E-state index in [9.17, 15) is 19.5 Å². The summed E-state index contributed by atoms with van der Waals surface area (Å²) >= 11 is 0. The topological polar surface area (TPSA) is 90.0 Å². The van der Waals surface area contributed by atoms with Crippen molar-refractivity contribution in [2.24, 2.45) is 5.92 Å². The van der Waals surface area contributed by atoms with Crippen LogP contribution >= 0.6 is 0 Å². The van der Waals surface area contributed by atoms with E-state index in [0.29, 0.717) is 30.9 Å². The number of hydrogen-bond acceptors (Lipinski definition) is 4. The molecule has 1 saturated carbocycles. The predicted molar refractivity (Wildman–Crippen MR) is 143 cm³/mol. The number of carbonyl (C=O) groups excluding carboxylic acids is 2. The lowest BCUT2D eigenvalue weighted by molar-refractivity contribution is -0.149. The molecular weight excluding hydrogens is 466 g/mol. The number of carbonyl (C=O) groups is 3. The molecule has 2 aliphatic heterocycles. The van der Waals surface area contributed by atoms with E-state index in [1.807, 2.05) is 36.4 Å². The average Bonchev–Trinajstić information content (AvgIpc) is 3.39. The summed E-state index contributed by atoms with van der Waals surface area (Å²) in [6.45, 7) is 2.34. The van der Waals surface area contributed by atoms with Crippen molar-refractivity contribution < 1.29 is 19.5 Å². The van der Waals surface area contributed by atoms with Crippen LogP contribution in [0.15, 0.2) is 42.5 Å². The van der Waals surface area contributed by atoms with Crippen molar-refractivity contribution >= 4 is 28.6 Å². The van der Waals surface area contributed by atoms with E-state index in [1.54, 1.807) is 11.0 Å². The number of nitrogens with one attached hydrogen (secondary N) is 1. The van der Waals surface area contributed by atoms with Crippen LogP contribution in [-0.4, -0.2) is 70.4 Å². The average molecular weight is 506 g/mol. The minimum Gasteiger partial charge on any atom is -0.480 e. The Morgan fingerprint density at radius 3 is 2.35 bits per heavy atom. The van der Waals surface area contributed by atoms with E-state index in [2.05, 4.69) is 10.2 Å². The van der Waals surface area contributed by atoms with Gasteiger partial charge in [0.25, 0.3) is 5.91 Å². The normalized spacial score (nSPS) is 24.2. The first-order valence-electron chi connectivity index (χ1n) is 14.1. The van der Waals surface area contributed by atoms with Crippen molar-refractivity contribution in [2.45, 2.75) is 82.3 Å². The number of carboxylic acid groups (broad SMARTS) is 1. The third-order valence-corrected chi connectivity index (χ3v) is 8.66. The van der Waals surface area contributed by atoms with Crippen molar-refractivity contribution in [3.63, 3.8) is 0 Å². The van der Waals surface area contributed by atoms with Crippen LogP contribution in [0.1, 0.15) is 74.6 Å². The molecule has 37 heavy (non-hydrogen) atoms. The van der Waals surface area contributed by atoms with Gasteiger partial charge in [-0.1, -0.05) is 68.9 Å². The van der Waals surface area contributed by atoms with Gasteiger partial charge in [0, 0.05) is 18.2 Å². The minimum absolute atomic E-state index is 0.0665. The maximum absolute atomic E-state index is 14.0. The Bertz CT molecular complexity index is 1120. The van der Waals surface area contributed by atoms with Gasteiger partial charge in [-0.05, 0) is 67.6 Å². The Kier molecular flexibility index (Phi) is 8.08. The number of benzene rings is 2. The minimum atomic E-state index is -0.954. The molecular formula is C30H39N3O4. The van der Waals surface area contributed by atoms with Gasteiger partial charge < -0.3 is 15.3 Å². The SMILES string of the molecule is O=C(NC(CC1CCCCC1)C(=O)N1C[C@H](N2CCCCC2)C[C@H]1C(=O)O)c1ccc2ccccc2c1. The molecule has 0 spiro atoms. The molecule has 1 aliphatic carbocycles. The molecule has 2 aromatic rings. The first kappa shape index (κ1) is 25.7. The summed E-state index contributed by atoms with van der Waals surface area (Å²) in [5.74, 6) is -1.11. The molecule has 5 rings (SSSR count). The largest absolute Gasteiger partial charge is 0.480 e. The number of hydrogen-bond donors (Lipinski definition) is 2. The second-order valence-electron chi connectivity index (χ2n) is 11.2. The molecule has 3 fully saturated rings. The number of aliphatic carboxylic acids is 1. The van der Waals surface area contributed by atoms with Crippen LogP contribution < -0.4 is 5.32 Å². The summed E-state index contributed by atoms with van der Waals surface area (Å²) in [6.07, 6.45) is 10.1. The van der Waals surface area contributed by atoms with Gasteiger partial charge in [-0.25, -0.2) is 4.79 Å². The van der Waals surface area contributed by atoms with Crippen LogP contribution in [0, 0.1) is 5.92 Å². The van der Waals surface area contributed by atoms with Crippen molar-refractivity contribution in [1.29, 1.82) is 0 Å². The van der Waals surface area contributed by atoms with Crippen molar-refractivity contribution in [2.75, 3.05) is 19.6 Å². The summed E-state index contributed by atoms with van der Waals surface area (Å²) in [5.41, 5.74) is 0.516. The fraction of sp³-hybridized carbons (Fsp3) is 0.567. The van der Waals surface area contributed by atoms with E-state index in [0.717, 1.165) is 62.4 Å². The van der Waals surface area contributed by atoms with Crippen molar-refractivity contribution in [3.8, 4) is 0 Å². The highest BCUT2D eigenvalue weighted by Crippen LogP contribution is 2.30. The predicted octanol–water partition coefficient (Wildman–Crippen LogP) is 4.45. The van der Waals surface area contributed by atoms with Crippen LogP contribution in [0.5, 0.6) is 0 Å². The molecule has 7 nitrogen and oxygen atoms in total. The summed E-state index contributed by atoms with van der Waals surface area (Å²) < 4.78 is 0. The van der Waals surface area contributed by atoms with Crippen LogP contribution in [0.2, 0.25) is 0 Å². The number of amides is 2. The first-order chi connectivity index (χ1) is 18.0. The maximum atomic E-state index is 14.0. The molecule has 2 saturated heterocycles. The molecule has 2 aromatic carbocycles. The van der Waals surface area contributed by atoms with Gasteiger partial charge in [-0.3, -0.25) is 14.5 Å². The zero-order chi connectivity index (χ0) is 25.8. The molecule has 0 bridgehead atoms. The third kappa shape index (κ3) is 5.98. The van der Waals surface area contributed by atoms with Crippen molar-refractivity contribution in [3.05, 3.63) is 48.0 Å². The lowest BCUT2D eigenvalue weighted by Gasteiger charge is -2.33. The Morgan fingerprint density at radius 2 is 1.62 bits per heavy atom. The molecule has 0 radical (unpaired) electrons. The quantitative estimate of drug-likeness (QED) is 0.580. The van der Waals surface area contributed by atoms with E-state index < -0.39 is 18.1 Å². The fourth-order valence-corrected chi connectivity index (χ4v) is 6.59. The Labute approximate surface area is 219 Å². The Balaban J connectivity index is 1.36. The van der Waals surface area contributed by atoms with E-state index in [4.69, 9.17) is 0 Å². The zero-order valence-corrected chi connectivity index (χ0v) is 21.6. The van der Waals surface area contributed by atoms with Gasteiger partial charge in [-0.2, -0.15) is 0 Å². The molecule has 2 heterocycles. The lowest BCUT2D eigenvalue weighted by atomic mass is 9.84. The van der Waals surface area contributed by atoms with Gasteiger partial charge >= 0.3 is 5.97 Å². The van der Waals surface area contributed by atoms with Crippen LogP contribution in [0.25, 0.3) is 10.8 Å². The molecule has 198 valence electrons. The lowest BCUT2D eigenvalue weighted by Crippen LogP contribution is -2.53. The summed E-state index contributed by atoms with van der Waals surface area (Å²) in [6, 6.07) is 12.0. The Morgan fingerprint density at radius 1 is 0.919 bits per heavy atom. The molecule has 7 heteroatoms. The smallest absolute Gasteiger partial charge is 0.326 e. The highest BCUT2D eigenvalue weighted by atomic mass is 16.4. The number of likely N-dealkylation sites (tertiary alicyclic amines) is 2. The van der Waals surface area contributed by atoms with Crippen LogP contribution in [-0.2, 0) is 9.59 Å². The van der Waals surface area contributed by atoms with Crippen molar-refractivity contribution in [1.82, 2.24) is 15.1 Å². The third-order valence-electron chi connectivity index (χ3n) is 8.66. The van der Waals surface area contributed by atoms with Gasteiger partial charge in [0.15, 0.2) is 0 Å². The zero-order valence-electron chi connectivity index (χ0n) is 21.6. The maximum Gasteiger partial charge on any atom is 0.326 e. The highest BCUT2D eigenvalue weighted by Gasteiger charge is 2.44. The molecule has 2 N–H and O–H groups in total. The summed E-state index contributed by atoms with van der Waals surface area (Å²) in [4.78, 5) is 43.5. The second-order valence-corrected chi connectivity index (χ2v) is 11.2. The Hall–Kier alpha value is -2.93. The van der Waals surface area contributed by atoms with E-state index in [1.165, 1.54) is 12.8 Å². The molecule has 1 unspecified atom stereocenters. The van der Waals surface area contributed by atoms with Gasteiger partial charge in [0.1, 0.15) is 12.1 Å². The van der Waals surface area contributed by atoms with E-state index >= 15 is 0 Å². The standard InChI is InChI=1S/C30H39N3O4/c34-28(24-14-13-22-11-5-6-12-23(22)18-24)31-26(17-21-9-3-1-4-10-21)29(35)33-20-25(19-27(33)30(36)37)32-15-7-2-8-16-32/h5-6,11-14,18,21,25-27H,1-4,7-10,15-17,19-20H2,(H,31,34)(H,36,37)/t25-,26?,27+/m1/s1. The molecule has 2 amide bonds. The van der Waals surface area contributed by atoms with Gasteiger partial charge in [0.05, 0.1) is 0 Å². The summed E-state index contributed by atoms with van der Waals surface area (Å²) in [5, 5.41) is 15.1. The van der Waals surface area contributed by atoms with E-state index in [-0.39, 0.29) is 17.9 Å². The fourth-order valence-electron chi connectivity index (χ4n) is 6.59. The highest BCUT2D eigenvalue weighted by molar-refractivity contribution is 6.01. The van der Waals surface area contributed by atoms with Gasteiger partial charge in [0.2, 0.25) is 5.91 Å². The molecule has 3 atom stereocenters. The number of nitrogens with zero attached hydrogens (tertiary/aromatic N) is 2. The van der Waals surface area contributed by atoms with Crippen LogP contribution in [0.3, 0.4) is 0 Å². The number of carboxylic acids is 1. The second kappa shape index (κ2) is 11.6. The number of rotatable bonds is 7. The number of fused-ring (bicyclic) bond motifs is 1. The monoisotopic (exact) mass is 505 g/mol. The van der Waals surface area contributed by atoms with Gasteiger partial charge in [-0.15, -0.1) is 0 Å². The molecule has 3 aliphatic rings. The van der Waals surface area contributed by atoms with Crippen LogP contribution in [0.4, 0.5) is 0 Å². The summed E-state index contributed by atoms with van der Waals surface area (Å²) in [7, 11) is 0. The number of piperidine rings is 1. The molecule has 0 aromatic heterocycles.